The van der Waals surface area contributed by atoms with Crippen LogP contribution in [0.5, 0.6) is 11.8 Å². The lowest BCUT2D eigenvalue weighted by Crippen LogP contribution is -1.98. The van der Waals surface area contributed by atoms with Crippen LogP contribution in [-0.2, 0) is 6.54 Å². The van der Waals surface area contributed by atoms with Gasteiger partial charge in [-0.3, -0.25) is 0 Å². The van der Waals surface area contributed by atoms with E-state index in [4.69, 9.17) is 10.5 Å². The summed E-state index contributed by atoms with van der Waals surface area (Å²) in [5.41, 5.74) is 7.52. The molecule has 1 aromatic heterocycles. The number of nitrogen functional groups attached to an aromatic ring is 1. The van der Waals surface area contributed by atoms with E-state index >= 15 is 0 Å². The van der Waals surface area contributed by atoms with E-state index < -0.39 is 0 Å². The minimum atomic E-state index is 0.603. The van der Waals surface area contributed by atoms with Crippen LogP contribution >= 0.6 is 0 Å². The number of aromatic nitrogens is 2. The Morgan fingerprint density at radius 3 is 2.94 bits per heavy atom. The minimum absolute atomic E-state index is 0.603. The lowest BCUT2D eigenvalue weighted by molar-refractivity contribution is 0.415. The smallest absolute Gasteiger partial charge is 0.301 e. The van der Waals surface area contributed by atoms with Gasteiger partial charge < -0.3 is 15.0 Å². The molecular weight excluding hydrogens is 202 g/mol. The van der Waals surface area contributed by atoms with Gasteiger partial charge in [-0.1, -0.05) is 0 Å². The fourth-order valence-electron chi connectivity index (χ4n) is 1.46. The second-order valence-electron chi connectivity index (χ2n) is 3.62. The van der Waals surface area contributed by atoms with Gasteiger partial charge in [0.25, 0.3) is 0 Å². The number of rotatable bonds is 3. The van der Waals surface area contributed by atoms with Gasteiger partial charge in [-0.2, -0.15) is 0 Å². The number of hydrogen-bond acceptors (Lipinski definition) is 3. The Morgan fingerprint density at radius 1 is 1.44 bits per heavy atom. The quantitative estimate of drug-likeness (QED) is 0.804. The standard InChI is InChI=1S/C12H15N3O/c1-3-15-7-6-14-12(15)16-10-4-5-11(13)9(2)8-10/h4-8H,3,13H2,1-2H3. The fraction of sp³-hybridized carbons (Fsp3) is 0.250. The summed E-state index contributed by atoms with van der Waals surface area (Å²) in [7, 11) is 0. The Labute approximate surface area is 94.7 Å². The SMILES string of the molecule is CCn1ccnc1Oc1ccc(N)c(C)c1. The molecule has 2 aromatic rings. The third-order valence-corrected chi connectivity index (χ3v) is 2.47. The van der Waals surface area contributed by atoms with Gasteiger partial charge >= 0.3 is 6.01 Å². The second-order valence-corrected chi connectivity index (χ2v) is 3.62. The molecule has 0 aliphatic heterocycles. The Hall–Kier alpha value is -1.97. The first-order valence-electron chi connectivity index (χ1n) is 5.26. The van der Waals surface area contributed by atoms with Gasteiger partial charge in [0.05, 0.1) is 0 Å². The Bertz CT molecular complexity index is 491. The number of nitrogens with two attached hydrogens (primary N) is 1. The van der Waals surface area contributed by atoms with Crippen LogP contribution in [0.3, 0.4) is 0 Å². The second kappa shape index (κ2) is 4.26. The van der Waals surface area contributed by atoms with Crippen molar-refractivity contribution >= 4 is 5.69 Å². The van der Waals surface area contributed by atoms with Crippen LogP contribution in [0.4, 0.5) is 5.69 Å². The maximum atomic E-state index is 5.74. The zero-order chi connectivity index (χ0) is 11.5. The Kier molecular flexibility index (Phi) is 2.81. The molecule has 1 aromatic carbocycles. The van der Waals surface area contributed by atoms with Gasteiger partial charge in [0.2, 0.25) is 0 Å². The fourth-order valence-corrected chi connectivity index (χ4v) is 1.46. The molecule has 0 bridgehead atoms. The average molecular weight is 217 g/mol. The number of benzene rings is 1. The molecule has 4 nitrogen and oxygen atoms in total. The molecule has 16 heavy (non-hydrogen) atoms. The lowest BCUT2D eigenvalue weighted by atomic mass is 10.2. The number of hydrogen-bond donors (Lipinski definition) is 1. The van der Waals surface area contributed by atoms with Crippen LogP contribution in [0.25, 0.3) is 0 Å². The van der Waals surface area contributed by atoms with E-state index in [0.717, 1.165) is 23.5 Å². The van der Waals surface area contributed by atoms with Crippen molar-refractivity contribution in [1.82, 2.24) is 9.55 Å². The van der Waals surface area contributed by atoms with Gasteiger partial charge in [0.1, 0.15) is 5.75 Å². The first-order valence-corrected chi connectivity index (χ1v) is 5.26. The molecular formula is C12H15N3O. The third kappa shape index (κ3) is 2.00. The molecule has 4 heteroatoms. The summed E-state index contributed by atoms with van der Waals surface area (Å²) in [4.78, 5) is 4.14. The zero-order valence-corrected chi connectivity index (χ0v) is 9.47. The van der Waals surface area contributed by atoms with Crippen molar-refractivity contribution in [3.8, 4) is 11.8 Å². The summed E-state index contributed by atoms with van der Waals surface area (Å²) in [6, 6.07) is 6.19. The molecule has 0 unspecified atom stereocenters. The summed E-state index contributed by atoms with van der Waals surface area (Å²) < 4.78 is 7.61. The summed E-state index contributed by atoms with van der Waals surface area (Å²) >= 11 is 0. The van der Waals surface area contributed by atoms with Gasteiger partial charge in [-0.15, -0.1) is 0 Å². The normalized spacial score (nSPS) is 10.4. The maximum absolute atomic E-state index is 5.74. The first-order chi connectivity index (χ1) is 7.70. The van der Waals surface area contributed by atoms with Crippen LogP contribution in [-0.4, -0.2) is 9.55 Å². The maximum Gasteiger partial charge on any atom is 0.301 e. The molecule has 84 valence electrons. The zero-order valence-electron chi connectivity index (χ0n) is 9.47. The molecule has 1 heterocycles. The van der Waals surface area contributed by atoms with Crippen molar-refractivity contribution in [2.24, 2.45) is 0 Å². The number of anilines is 1. The van der Waals surface area contributed by atoms with Crippen molar-refractivity contribution in [3.05, 3.63) is 36.2 Å². The third-order valence-electron chi connectivity index (χ3n) is 2.47. The van der Waals surface area contributed by atoms with Crippen LogP contribution in [0.2, 0.25) is 0 Å². The van der Waals surface area contributed by atoms with Crippen molar-refractivity contribution in [2.75, 3.05) is 5.73 Å². The Balaban J connectivity index is 2.24. The predicted molar refractivity (Wildman–Crippen MR) is 63.6 cm³/mol. The largest absolute Gasteiger partial charge is 0.426 e. The lowest BCUT2D eigenvalue weighted by Gasteiger charge is -2.08. The molecule has 0 saturated carbocycles. The number of ether oxygens (including phenoxy) is 1. The molecule has 0 spiro atoms. The monoisotopic (exact) mass is 217 g/mol. The molecule has 0 saturated heterocycles. The van der Waals surface area contributed by atoms with Gasteiger partial charge in [0.15, 0.2) is 0 Å². The molecule has 0 amide bonds. The molecule has 0 aliphatic carbocycles. The van der Waals surface area contributed by atoms with Crippen LogP contribution in [0.1, 0.15) is 12.5 Å². The summed E-state index contributed by atoms with van der Waals surface area (Å²) in [6.45, 7) is 4.83. The van der Waals surface area contributed by atoms with E-state index in [1.165, 1.54) is 0 Å². The molecule has 2 rings (SSSR count). The highest BCUT2D eigenvalue weighted by atomic mass is 16.5. The van der Waals surface area contributed by atoms with Crippen LogP contribution in [0.15, 0.2) is 30.6 Å². The Morgan fingerprint density at radius 2 is 2.25 bits per heavy atom. The van der Waals surface area contributed by atoms with Crippen molar-refractivity contribution in [3.63, 3.8) is 0 Å². The highest BCUT2D eigenvalue weighted by Gasteiger charge is 2.04. The molecule has 0 radical (unpaired) electrons. The molecule has 0 atom stereocenters. The van der Waals surface area contributed by atoms with Crippen LogP contribution in [0, 0.1) is 6.92 Å². The van der Waals surface area contributed by atoms with E-state index in [1.54, 1.807) is 6.20 Å². The van der Waals surface area contributed by atoms with E-state index in [9.17, 15) is 0 Å². The van der Waals surface area contributed by atoms with Crippen molar-refractivity contribution in [2.45, 2.75) is 20.4 Å². The molecule has 2 N–H and O–H groups in total. The minimum Gasteiger partial charge on any atom is -0.426 e. The topological polar surface area (TPSA) is 53.1 Å². The van der Waals surface area contributed by atoms with Crippen molar-refractivity contribution < 1.29 is 4.74 Å². The summed E-state index contributed by atoms with van der Waals surface area (Å²) in [6.07, 6.45) is 3.61. The average Bonchev–Trinajstić information content (AvgIpc) is 2.71. The van der Waals surface area contributed by atoms with Crippen LogP contribution < -0.4 is 10.5 Å². The van der Waals surface area contributed by atoms with E-state index in [1.807, 2.05) is 42.8 Å². The van der Waals surface area contributed by atoms with E-state index in [2.05, 4.69) is 4.98 Å². The van der Waals surface area contributed by atoms with E-state index in [0.29, 0.717) is 6.01 Å². The molecule has 0 aliphatic rings. The summed E-state index contributed by atoms with van der Waals surface area (Å²) in [5.74, 6) is 0.757. The molecule has 0 fully saturated rings. The summed E-state index contributed by atoms with van der Waals surface area (Å²) in [5, 5.41) is 0. The first kappa shape index (κ1) is 10.5. The number of imidazole rings is 1. The van der Waals surface area contributed by atoms with Gasteiger partial charge in [-0.05, 0) is 37.6 Å². The van der Waals surface area contributed by atoms with Gasteiger partial charge in [-0.25, -0.2) is 4.98 Å². The van der Waals surface area contributed by atoms with E-state index in [-0.39, 0.29) is 0 Å². The van der Waals surface area contributed by atoms with Gasteiger partial charge in [0, 0.05) is 24.6 Å². The highest BCUT2D eigenvalue weighted by molar-refractivity contribution is 5.49. The van der Waals surface area contributed by atoms with Crippen molar-refractivity contribution in [1.29, 1.82) is 0 Å². The predicted octanol–water partition coefficient (Wildman–Crippen LogP) is 2.59. The highest BCUT2D eigenvalue weighted by Crippen LogP contribution is 2.23. The number of nitrogens with zero attached hydrogens (tertiary/aromatic N) is 2. The number of aryl methyl sites for hydroxylation is 2.